The van der Waals surface area contributed by atoms with Crippen LogP contribution >= 0.6 is 11.3 Å². The fourth-order valence-corrected chi connectivity index (χ4v) is 3.03. The highest BCUT2D eigenvalue weighted by atomic mass is 32.1. The van der Waals surface area contributed by atoms with E-state index in [1.807, 2.05) is 4.90 Å². The lowest BCUT2D eigenvalue weighted by molar-refractivity contribution is -0.128. The van der Waals surface area contributed by atoms with Gasteiger partial charge in [-0.05, 0) is 25.0 Å². The van der Waals surface area contributed by atoms with Crippen LogP contribution in [0, 0.1) is 12.8 Å². The molecule has 1 amide bonds. The molecule has 0 spiro atoms. The first-order valence-corrected chi connectivity index (χ1v) is 7.02. The zero-order valence-electron chi connectivity index (χ0n) is 10.7. The fourth-order valence-electron chi connectivity index (χ4n) is 2.07. The SMILES string of the molecule is CCC(C)CN1C(=O)CNC1c1ccc(C)s1. The Hall–Kier alpha value is -0.870. The van der Waals surface area contributed by atoms with Gasteiger partial charge in [0.05, 0.1) is 6.54 Å². The van der Waals surface area contributed by atoms with E-state index in [0.29, 0.717) is 12.5 Å². The van der Waals surface area contributed by atoms with Crippen molar-refractivity contribution in [2.75, 3.05) is 13.1 Å². The second-order valence-electron chi connectivity index (χ2n) is 4.79. The van der Waals surface area contributed by atoms with E-state index in [1.165, 1.54) is 9.75 Å². The zero-order valence-corrected chi connectivity index (χ0v) is 11.5. The van der Waals surface area contributed by atoms with Crippen LogP contribution < -0.4 is 5.32 Å². The van der Waals surface area contributed by atoms with E-state index in [9.17, 15) is 4.79 Å². The number of hydrogen-bond acceptors (Lipinski definition) is 3. The molecule has 4 heteroatoms. The molecule has 3 nitrogen and oxygen atoms in total. The van der Waals surface area contributed by atoms with Crippen LogP contribution in [0.15, 0.2) is 12.1 Å². The van der Waals surface area contributed by atoms with Gasteiger partial charge in [-0.3, -0.25) is 10.1 Å². The van der Waals surface area contributed by atoms with Crippen LogP contribution in [0.3, 0.4) is 0 Å². The number of nitrogens with one attached hydrogen (secondary N) is 1. The molecule has 0 aliphatic carbocycles. The van der Waals surface area contributed by atoms with Crippen LogP contribution in [-0.2, 0) is 4.79 Å². The molecule has 0 aromatic carbocycles. The Bertz CT molecular complexity index is 402. The van der Waals surface area contributed by atoms with Crippen molar-refractivity contribution in [1.29, 1.82) is 0 Å². The molecule has 0 radical (unpaired) electrons. The van der Waals surface area contributed by atoms with Gasteiger partial charge in [0.1, 0.15) is 6.17 Å². The van der Waals surface area contributed by atoms with Crippen LogP contribution in [0.1, 0.15) is 36.2 Å². The van der Waals surface area contributed by atoms with Crippen molar-refractivity contribution in [2.45, 2.75) is 33.4 Å². The Kier molecular flexibility index (Phi) is 3.84. The maximum atomic E-state index is 11.9. The Morgan fingerprint density at radius 2 is 2.35 bits per heavy atom. The monoisotopic (exact) mass is 252 g/mol. The van der Waals surface area contributed by atoms with Crippen LogP contribution in [0.4, 0.5) is 0 Å². The van der Waals surface area contributed by atoms with Crippen molar-refractivity contribution in [3.8, 4) is 0 Å². The number of carbonyl (C=O) groups is 1. The second-order valence-corrected chi connectivity index (χ2v) is 6.11. The number of aryl methyl sites for hydroxylation is 1. The summed E-state index contributed by atoms with van der Waals surface area (Å²) in [5.74, 6) is 0.781. The summed E-state index contributed by atoms with van der Waals surface area (Å²) in [5.41, 5.74) is 0. The van der Waals surface area contributed by atoms with E-state index in [4.69, 9.17) is 0 Å². The topological polar surface area (TPSA) is 32.3 Å². The van der Waals surface area contributed by atoms with Gasteiger partial charge in [-0.2, -0.15) is 0 Å². The standard InChI is InChI=1S/C13H20N2OS/c1-4-9(2)8-15-12(16)7-14-13(15)11-6-5-10(3)17-11/h5-6,9,13-14H,4,7-8H2,1-3H3. The molecule has 2 heterocycles. The van der Waals surface area contributed by atoms with Crippen molar-refractivity contribution in [2.24, 2.45) is 5.92 Å². The first kappa shape index (κ1) is 12.6. The van der Waals surface area contributed by atoms with Gasteiger partial charge in [0.25, 0.3) is 0 Å². The third-order valence-corrected chi connectivity index (χ3v) is 4.37. The lowest BCUT2D eigenvalue weighted by atomic mass is 10.1. The van der Waals surface area contributed by atoms with Crippen LogP contribution in [-0.4, -0.2) is 23.9 Å². The van der Waals surface area contributed by atoms with E-state index in [2.05, 4.69) is 38.2 Å². The molecule has 1 aromatic rings. The molecule has 0 bridgehead atoms. The van der Waals surface area contributed by atoms with Gasteiger partial charge in [0.15, 0.2) is 0 Å². The molecule has 94 valence electrons. The fraction of sp³-hybridized carbons (Fsp3) is 0.615. The summed E-state index contributed by atoms with van der Waals surface area (Å²) in [5, 5.41) is 3.30. The van der Waals surface area contributed by atoms with Crippen molar-refractivity contribution in [1.82, 2.24) is 10.2 Å². The highest BCUT2D eigenvalue weighted by Crippen LogP contribution is 2.29. The van der Waals surface area contributed by atoms with Gasteiger partial charge in [0, 0.05) is 16.3 Å². The predicted molar refractivity (Wildman–Crippen MR) is 71.0 cm³/mol. The van der Waals surface area contributed by atoms with Gasteiger partial charge in [0.2, 0.25) is 5.91 Å². The Morgan fingerprint density at radius 3 is 2.94 bits per heavy atom. The highest BCUT2D eigenvalue weighted by Gasteiger charge is 2.32. The number of rotatable bonds is 4. The number of nitrogens with zero attached hydrogens (tertiary/aromatic N) is 1. The molecule has 2 rings (SSSR count). The Morgan fingerprint density at radius 1 is 1.59 bits per heavy atom. The van der Waals surface area contributed by atoms with Crippen LogP contribution in [0.5, 0.6) is 0 Å². The smallest absolute Gasteiger partial charge is 0.238 e. The molecule has 1 N–H and O–H groups in total. The molecule has 1 saturated heterocycles. The molecule has 1 aromatic heterocycles. The van der Waals surface area contributed by atoms with Crippen molar-refractivity contribution < 1.29 is 4.79 Å². The van der Waals surface area contributed by atoms with Crippen molar-refractivity contribution in [3.63, 3.8) is 0 Å². The van der Waals surface area contributed by atoms with Crippen molar-refractivity contribution in [3.05, 3.63) is 21.9 Å². The number of thiophene rings is 1. The molecule has 1 aliphatic heterocycles. The summed E-state index contributed by atoms with van der Waals surface area (Å²) in [6.45, 7) is 7.79. The summed E-state index contributed by atoms with van der Waals surface area (Å²) in [6, 6.07) is 4.24. The van der Waals surface area contributed by atoms with E-state index < -0.39 is 0 Å². The zero-order chi connectivity index (χ0) is 12.4. The third kappa shape index (κ3) is 2.69. The maximum Gasteiger partial charge on any atom is 0.238 e. The molecule has 1 aliphatic rings. The lowest BCUT2D eigenvalue weighted by Gasteiger charge is -2.26. The van der Waals surface area contributed by atoms with Crippen LogP contribution in [0.2, 0.25) is 0 Å². The molecule has 2 atom stereocenters. The summed E-state index contributed by atoms with van der Waals surface area (Å²) >= 11 is 1.77. The van der Waals surface area contributed by atoms with E-state index in [-0.39, 0.29) is 12.1 Å². The Labute approximate surface area is 107 Å². The Balaban J connectivity index is 2.13. The first-order chi connectivity index (χ1) is 8.11. The largest absolute Gasteiger partial charge is 0.321 e. The van der Waals surface area contributed by atoms with E-state index in [0.717, 1.165) is 13.0 Å². The average molecular weight is 252 g/mol. The number of amides is 1. The van der Waals surface area contributed by atoms with Crippen molar-refractivity contribution >= 4 is 17.2 Å². The lowest BCUT2D eigenvalue weighted by Crippen LogP contribution is -2.33. The molecule has 2 unspecified atom stereocenters. The molecule has 17 heavy (non-hydrogen) atoms. The quantitative estimate of drug-likeness (QED) is 0.893. The van der Waals surface area contributed by atoms with E-state index in [1.54, 1.807) is 11.3 Å². The minimum Gasteiger partial charge on any atom is -0.321 e. The summed E-state index contributed by atoms with van der Waals surface area (Å²) in [4.78, 5) is 16.4. The second kappa shape index (κ2) is 5.19. The van der Waals surface area contributed by atoms with Gasteiger partial charge in [-0.25, -0.2) is 0 Å². The average Bonchev–Trinajstić information content (AvgIpc) is 2.87. The summed E-state index contributed by atoms with van der Waals surface area (Å²) in [7, 11) is 0. The normalized spacial score (nSPS) is 22.2. The van der Waals surface area contributed by atoms with Gasteiger partial charge in [-0.1, -0.05) is 20.3 Å². The highest BCUT2D eigenvalue weighted by molar-refractivity contribution is 7.12. The molecule has 0 saturated carbocycles. The minimum absolute atomic E-state index is 0.0928. The van der Waals surface area contributed by atoms with Gasteiger partial charge >= 0.3 is 0 Å². The van der Waals surface area contributed by atoms with Gasteiger partial charge in [-0.15, -0.1) is 11.3 Å². The predicted octanol–water partition coefficient (Wildman–Crippen LogP) is 2.53. The summed E-state index contributed by atoms with van der Waals surface area (Å²) in [6.07, 6.45) is 1.20. The van der Waals surface area contributed by atoms with Gasteiger partial charge < -0.3 is 4.90 Å². The van der Waals surface area contributed by atoms with E-state index >= 15 is 0 Å². The minimum atomic E-state index is 0.0928. The maximum absolute atomic E-state index is 11.9. The molecule has 1 fully saturated rings. The first-order valence-electron chi connectivity index (χ1n) is 6.21. The third-order valence-electron chi connectivity index (χ3n) is 3.31. The summed E-state index contributed by atoms with van der Waals surface area (Å²) < 4.78 is 0. The number of carbonyl (C=O) groups excluding carboxylic acids is 1. The molecular weight excluding hydrogens is 232 g/mol. The number of hydrogen-bond donors (Lipinski definition) is 1. The van der Waals surface area contributed by atoms with Crippen LogP contribution in [0.25, 0.3) is 0 Å². The molecular formula is C13H20N2OS.